The van der Waals surface area contributed by atoms with Crippen LogP contribution in [0.15, 0.2) is 66.7 Å². The van der Waals surface area contributed by atoms with E-state index in [2.05, 4.69) is 5.32 Å². The van der Waals surface area contributed by atoms with Gasteiger partial charge < -0.3 is 14.8 Å². The van der Waals surface area contributed by atoms with Crippen molar-refractivity contribution in [3.05, 3.63) is 93.0 Å². The molecular formula is C22H19ClN2O5. The van der Waals surface area contributed by atoms with E-state index in [9.17, 15) is 14.9 Å². The molecule has 1 N–H and O–H groups in total. The van der Waals surface area contributed by atoms with E-state index in [1.54, 1.807) is 48.5 Å². The summed E-state index contributed by atoms with van der Waals surface area (Å²) in [5.41, 5.74) is 1.29. The number of non-ortho nitro benzene ring substituents is 1. The van der Waals surface area contributed by atoms with Gasteiger partial charge in [-0.3, -0.25) is 14.9 Å². The fraction of sp³-hybridized carbons (Fsp3) is 0.136. The zero-order valence-electron chi connectivity index (χ0n) is 16.1. The van der Waals surface area contributed by atoms with Crippen molar-refractivity contribution in [1.29, 1.82) is 0 Å². The summed E-state index contributed by atoms with van der Waals surface area (Å²) in [6.07, 6.45) is 0. The van der Waals surface area contributed by atoms with Gasteiger partial charge in [-0.25, -0.2) is 0 Å². The summed E-state index contributed by atoms with van der Waals surface area (Å²) in [5.74, 6) is 0.797. The highest BCUT2D eigenvalue weighted by Crippen LogP contribution is 2.25. The summed E-state index contributed by atoms with van der Waals surface area (Å²) >= 11 is 5.98. The lowest BCUT2D eigenvalue weighted by Gasteiger charge is -2.13. The number of anilines is 1. The Hall–Kier alpha value is -3.58. The van der Waals surface area contributed by atoms with E-state index in [1.165, 1.54) is 18.2 Å². The first kappa shape index (κ1) is 21.1. The van der Waals surface area contributed by atoms with Crippen molar-refractivity contribution in [2.24, 2.45) is 0 Å². The van der Waals surface area contributed by atoms with Gasteiger partial charge in [-0.1, -0.05) is 23.7 Å². The highest BCUT2D eigenvalue weighted by Gasteiger charge is 2.13. The number of nitrogens with zero attached hydrogens (tertiary/aromatic N) is 1. The quantitative estimate of drug-likeness (QED) is 0.380. The topological polar surface area (TPSA) is 90.7 Å². The SMILES string of the molecule is CCOc1ccc(C(=O)Nc2cccc([N+](=O)[O-])c2)cc1COc1cccc(Cl)c1. The smallest absolute Gasteiger partial charge is 0.271 e. The Labute approximate surface area is 178 Å². The van der Waals surface area contributed by atoms with Crippen LogP contribution >= 0.6 is 11.6 Å². The van der Waals surface area contributed by atoms with Crippen LogP contribution in [0.3, 0.4) is 0 Å². The largest absolute Gasteiger partial charge is 0.493 e. The minimum absolute atomic E-state index is 0.102. The summed E-state index contributed by atoms with van der Waals surface area (Å²) in [7, 11) is 0. The number of amides is 1. The molecule has 3 aromatic rings. The number of nitro benzene ring substituents is 1. The molecule has 0 aliphatic heterocycles. The molecule has 0 spiro atoms. The molecule has 0 fully saturated rings. The molecule has 1 amide bonds. The summed E-state index contributed by atoms with van der Waals surface area (Å²) in [6.45, 7) is 2.50. The summed E-state index contributed by atoms with van der Waals surface area (Å²) < 4.78 is 11.4. The first-order valence-electron chi connectivity index (χ1n) is 9.16. The van der Waals surface area contributed by atoms with Gasteiger partial charge in [-0.2, -0.15) is 0 Å². The van der Waals surface area contributed by atoms with Gasteiger partial charge in [-0.15, -0.1) is 0 Å². The molecule has 7 nitrogen and oxygen atoms in total. The maximum Gasteiger partial charge on any atom is 0.271 e. The van der Waals surface area contributed by atoms with Gasteiger partial charge in [0, 0.05) is 34.0 Å². The lowest BCUT2D eigenvalue weighted by Crippen LogP contribution is -2.13. The van der Waals surface area contributed by atoms with Crippen molar-refractivity contribution in [3.8, 4) is 11.5 Å². The molecule has 0 unspecified atom stereocenters. The minimum atomic E-state index is -0.516. The van der Waals surface area contributed by atoms with Gasteiger partial charge in [0.1, 0.15) is 18.1 Å². The summed E-state index contributed by atoms with van der Waals surface area (Å²) in [4.78, 5) is 23.1. The van der Waals surface area contributed by atoms with Gasteiger partial charge in [0.15, 0.2) is 0 Å². The Morgan fingerprint density at radius 3 is 2.60 bits per heavy atom. The third-order valence-electron chi connectivity index (χ3n) is 4.13. The van der Waals surface area contributed by atoms with Crippen molar-refractivity contribution in [3.63, 3.8) is 0 Å². The second-order valence-electron chi connectivity index (χ2n) is 6.26. The van der Waals surface area contributed by atoms with E-state index in [0.29, 0.717) is 39.9 Å². The standard InChI is InChI=1S/C22H19ClN2O5/c1-2-29-21-10-9-15(11-16(21)14-30-20-8-3-5-17(23)12-20)22(26)24-18-6-4-7-19(13-18)25(27)28/h3-13H,2,14H2,1H3,(H,24,26). The molecule has 30 heavy (non-hydrogen) atoms. The highest BCUT2D eigenvalue weighted by atomic mass is 35.5. The molecule has 0 radical (unpaired) electrons. The van der Waals surface area contributed by atoms with Crippen LogP contribution in [-0.2, 0) is 6.61 Å². The molecule has 0 bridgehead atoms. The molecule has 0 aromatic heterocycles. The van der Waals surface area contributed by atoms with Crippen molar-refractivity contribution >= 4 is 28.9 Å². The monoisotopic (exact) mass is 426 g/mol. The lowest BCUT2D eigenvalue weighted by atomic mass is 10.1. The normalized spacial score (nSPS) is 10.3. The minimum Gasteiger partial charge on any atom is -0.493 e. The second kappa shape index (κ2) is 9.76. The van der Waals surface area contributed by atoms with Gasteiger partial charge in [-0.05, 0) is 49.4 Å². The molecule has 0 aliphatic rings. The Kier molecular flexibility index (Phi) is 6.87. The van der Waals surface area contributed by atoms with E-state index in [1.807, 2.05) is 6.92 Å². The van der Waals surface area contributed by atoms with Crippen LogP contribution in [0.5, 0.6) is 11.5 Å². The van der Waals surface area contributed by atoms with Gasteiger partial charge in [0.25, 0.3) is 11.6 Å². The van der Waals surface area contributed by atoms with E-state index in [0.717, 1.165) is 0 Å². The number of hydrogen-bond donors (Lipinski definition) is 1. The molecular weight excluding hydrogens is 408 g/mol. The molecule has 3 aromatic carbocycles. The number of benzene rings is 3. The van der Waals surface area contributed by atoms with Crippen LogP contribution in [0, 0.1) is 10.1 Å². The third-order valence-corrected chi connectivity index (χ3v) is 4.36. The first-order valence-corrected chi connectivity index (χ1v) is 9.54. The highest BCUT2D eigenvalue weighted by molar-refractivity contribution is 6.30. The van der Waals surface area contributed by atoms with Crippen LogP contribution in [0.4, 0.5) is 11.4 Å². The Bertz CT molecular complexity index is 1070. The zero-order valence-corrected chi connectivity index (χ0v) is 16.9. The second-order valence-corrected chi connectivity index (χ2v) is 6.70. The molecule has 0 saturated heterocycles. The van der Waals surface area contributed by atoms with Crippen LogP contribution in [0.25, 0.3) is 0 Å². The molecule has 3 rings (SSSR count). The van der Waals surface area contributed by atoms with Crippen molar-refractivity contribution < 1.29 is 19.2 Å². The van der Waals surface area contributed by atoms with Gasteiger partial charge in [0.05, 0.1) is 11.5 Å². The predicted octanol–water partition coefficient (Wildman–Crippen LogP) is 5.48. The molecule has 8 heteroatoms. The number of hydrogen-bond acceptors (Lipinski definition) is 5. The number of carbonyl (C=O) groups is 1. The summed E-state index contributed by atoms with van der Waals surface area (Å²) in [6, 6.07) is 17.8. The number of carbonyl (C=O) groups excluding carboxylic acids is 1. The molecule has 0 aliphatic carbocycles. The molecule has 154 valence electrons. The molecule has 0 heterocycles. The van der Waals surface area contributed by atoms with Crippen molar-refractivity contribution in [2.75, 3.05) is 11.9 Å². The van der Waals surface area contributed by atoms with E-state index >= 15 is 0 Å². The van der Waals surface area contributed by atoms with E-state index in [-0.39, 0.29) is 12.3 Å². The number of nitrogens with one attached hydrogen (secondary N) is 1. The average Bonchev–Trinajstić information content (AvgIpc) is 2.73. The third kappa shape index (κ3) is 5.48. The van der Waals surface area contributed by atoms with Crippen molar-refractivity contribution in [1.82, 2.24) is 0 Å². The van der Waals surface area contributed by atoms with E-state index < -0.39 is 10.8 Å². The van der Waals surface area contributed by atoms with Crippen LogP contribution < -0.4 is 14.8 Å². The fourth-order valence-electron chi connectivity index (χ4n) is 2.75. The van der Waals surface area contributed by atoms with Gasteiger partial charge in [0.2, 0.25) is 0 Å². The number of ether oxygens (including phenoxy) is 2. The number of nitro groups is 1. The number of halogens is 1. The predicted molar refractivity (Wildman–Crippen MR) is 114 cm³/mol. The zero-order chi connectivity index (χ0) is 21.5. The van der Waals surface area contributed by atoms with Crippen LogP contribution in [-0.4, -0.2) is 17.4 Å². The Balaban J connectivity index is 1.79. The Morgan fingerprint density at radius 2 is 1.87 bits per heavy atom. The van der Waals surface area contributed by atoms with Crippen LogP contribution in [0.2, 0.25) is 5.02 Å². The lowest BCUT2D eigenvalue weighted by molar-refractivity contribution is -0.384. The van der Waals surface area contributed by atoms with E-state index in [4.69, 9.17) is 21.1 Å². The summed E-state index contributed by atoms with van der Waals surface area (Å²) in [5, 5.41) is 14.1. The fourth-order valence-corrected chi connectivity index (χ4v) is 2.93. The molecule has 0 atom stereocenters. The Morgan fingerprint density at radius 1 is 1.07 bits per heavy atom. The maximum atomic E-state index is 12.7. The van der Waals surface area contributed by atoms with Gasteiger partial charge >= 0.3 is 0 Å². The maximum absolute atomic E-state index is 12.7. The average molecular weight is 427 g/mol. The molecule has 0 saturated carbocycles. The van der Waals surface area contributed by atoms with Crippen molar-refractivity contribution in [2.45, 2.75) is 13.5 Å². The van der Waals surface area contributed by atoms with Crippen LogP contribution in [0.1, 0.15) is 22.8 Å². The first-order chi connectivity index (χ1) is 14.5. The number of rotatable bonds is 8.